The van der Waals surface area contributed by atoms with Crippen molar-refractivity contribution >= 4 is 21.6 Å². The van der Waals surface area contributed by atoms with Gasteiger partial charge in [-0.25, -0.2) is 8.42 Å². The number of hydrogen-bond donors (Lipinski definition) is 1. The van der Waals surface area contributed by atoms with E-state index in [0.29, 0.717) is 6.61 Å². The number of amides is 1. The molecule has 0 aliphatic heterocycles. The summed E-state index contributed by atoms with van der Waals surface area (Å²) in [5, 5.41) is 2.54. The molecule has 0 radical (unpaired) electrons. The quantitative estimate of drug-likeness (QED) is 0.708. The lowest BCUT2D eigenvalue weighted by Crippen LogP contribution is -2.35. The fraction of sp³-hybridized carbons (Fsp3) is 0.500. The second kappa shape index (κ2) is 8.34. The maximum Gasteiger partial charge on any atom is 0.416 e. The van der Waals surface area contributed by atoms with Crippen LogP contribution in [0.15, 0.2) is 24.3 Å². The lowest BCUT2D eigenvalue weighted by atomic mass is 10.2. The zero-order chi connectivity index (χ0) is 18.4. The van der Waals surface area contributed by atoms with Crippen molar-refractivity contribution in [2.24, 2.45) is 0 Å². The van der Waals surface area contributed by atoms with Crippen molar-refractivity contribution in [3.05, 3.63) is 29.8 Å². The van der Waals surface area contributed by atoms with Gasteiger partial charge >= 0.3 is 6.18 Å². The summed E-state index contributed by atoms with van der Waals surface area (Å²) in [5.41, 5.74) is -0.813. The molecule has 0 heterocycles. The molecule has 0 aliphatic rings. The highest BCUT2D eigenvalue weighted by Gasteiger charge is 2.30. The van der Waals surface area contributed by atoms with Crippen LogP contribution in [0.1, 0.15) is 12.0 Å². The van der Waals surface area contributed by atoms with Gasteiger partial charge in [-0.1, -0.05) is 0 Å². The number of sulfonamides is 1. The fourth-order valence-corrected chi connectivity index (χ4v) is 2.81. The first-order chi connectivity index (χ1) is 11.1. The van der Waals surface area contributed by atoms with E-state index < -0.39 is 21.8 Å². The highest BCUT2D eigenvalue weighted by molar-refractivity contribution is 7.92. The van der Waals surface area contributed by atoms with Crippen molar-refractivity contribution in [2.45, 2.75) is 12.6 Å². The van der Waals surface area contributed by atoms with Gasteiger partial charge in [0.15, 0.2) is 0 Å². The van der Waals surface area contributed by atoms with Crippen LogP contribution in [0.25, 0.3) is 0 Å². The summed E-state index contributed by atoms with van der Waals surface area (Å²) in [6.07, 6.45) is -3.71. The zero-order valence-corrected chi connectivity index (χ0v) is 14.1. The van der Waals surface area contributed by atoms with Crippen molar-refractivity contribution in [1.29, 1.82) is 0 Å². The second-order valence-electron chi connectivity index (χ2n) is 4.97. The first-order valence-electron chi connectivity index (χ1n) is 6.96. The molecule has 10 heteroatoms. The van der Waals surface area contributed by atoms with E-state index in [2.05, 4.69) is 5.32 Å². The van der Waals surface area contributed by atoms with Gasteiger partial charge in [0.25, 0.3) is 0 Å². The highest BCUT2D eigenvalue weighted by Crippen LogP contribution is 2.30. The smallest absolute Gasteiger partial charge is 0.383 e. The summed E-state index contributed by atoms with van der Waals surface area (Å²) in [7, 11) is -2.27. The lowest BCUT2D eigenvalue weighted by Gasteiger charge is -2.22. The average molecular weight is 368 g/mol. The van der Waals surface area contributed by atoms with Gasteiger partial charge in [0.2, 0.25) is 15.9 Å². The van der Waals surface area contributed by atoms with E-state index in [1.165, 1.54) is 7.11 Å². The normalized spacial score (nSPS) is 12.0. The Morgan fingerprint density at radius 3 is 2.29 bits per heavy atom. The minimum absolute atomic E-state index is 0.0650. The van der Waals surface area contributed by atoms with Gasteiger partial charge in [-0.2, -0.15) is 13.2 Å². The number of anilines is 1. The Labute approximate surface area is 138 Å². The molecule has 0 saturated carbocycles. The number of methoxy groups -OCH3 is 1. The van der Waals surface area contributed by atoms with Gasteiger partial charge in [0, 0.05) is 26.6 Å². The Balaban J connectivity index is 2.82. The summed E-state index contributed by atoms with van der Waals surface area (Å²) in [6, 6.07) is 3.72. The standard InChI is InChI=1S/C14H19F3N2O4S/c1-23-10-8-18-13(20)7-9-19(24(2,21)22)12-5-3-11(4-6-12)14(15,16)17/h3-6H,7-10H2,1-2H3,(H,18,20). The minimum atomic E-state index is -4.50. The topological polar surface area (TPSA) is 75.7 Å². The molecule has 6 nitrogen and oxygen atoms in total. The first-order valence-corrected chi connectivity index (χ1v) is 8.81. The molecule has 0 fully saturated rings. The first kappa shape index (κ1) is 20.2. The summed E-state index contributed by atoms with van der Waals surface area (Å²) in [5.74, 6) is -0.382. The number of carbonyl (C=O) groups excluding carboxylic acids is 1. The molecule has 1 N–H and O–H groups in total. The second-order valence-corrected chi connectivity index (χ2v) is 6.88. The van der Waals surface area contributed by atoms with E-state index in [1.807, 2.05) is 0 Å². The summed E-state index contributed by atoms with van der Waals surface area (Å²) >= 11 is 0. The van der Waals surface area contributed by atoms with Crippen LogP contribution in [0, 0.1) is 0 Å². The number of alkyl halides is 3. The van der Waals surface area contributed by atoms with Crippen molar-refractivity contribution in [3.63, 3.8) is 0 Å². The average Bonchev–Trinajstić information content (AvgIpc) is 2.46. The van der Waals surface area contributed by atoms with Crippen LogP contribution >= 0.6 is 0 Å². The molecule has 136 valence electrons. The Morgan fingerprint density at radius 1 is 1.25 bits per heavy atom. The van der Waals surface area contributed by atoms with E-state index in [-0.39, 0.29) is 31.1 Å². The van der Waals surface area contributed by atoms with Gasteiger partial charge in [-0.05, 0) is 24.3 Å². The molecule has 0 atom stereocenters. The Kier molecular flexibility index (Phi) is 7.03. The number of halogens is 3. The van der Waals surface area contributed by atoms with Gasteiger partial charge in [0.1, 0.15) is 0 Å². The molecule has 0 bridgehead atoms. The summed E-state index contributed by atoms with van der Waals surface area (Å²) < 4.78 is 67.0. The highest BCUT2D eigenvalue weighted by atomic mass is 32.2. The third kappa shape index (κ3) is 6.36. The van der Waals surface area contributed by atoms with E-state index in [0.717, 1.165) is 34.8 Å². The molecule has 0 saturated heterocycles. The Morgan fingerprint density at radius 2 is 1.83 bits per heavy atom. The van der Waals surface area contributed by atoms with Crippen LogP contribution in [-0.4, -0.2) is 47.4 Å². The molecular weight excluding hydrogens is 349 g/mol. The summed E-state index contributed by atoms with van der Waals surface area (Å²) in [6.45, 7) is 0.429. The van der Waals surface area contributed by atoms with E-state index in [4.69, 9.17) is 4.74 Å². The van der Waals surface area contributed by atoms with Gasteiger partial charge < -0.3 is 10.1 Å². The molecule has 1 amide bonds. The monoisotopic (exact) mass is 368 g/mol. The number of rotatable bonds is 8. The predicted molar refractivity (Wildman–Crippen MR) is 83.1 cm³/mol. The van der Waals surface area contributed by atoms with Gasteiger partial charge in [-0.15, -0.1) is 0 Å². The molecule has 0 spiro atoms. The van der Waals surface area contributed by atoms with Crippen LogP contribution in [0.2, 0.25) is 0 Å². The Bertz CT molecular complexity index is 645. The maximum absolute atomic E-state index is 12.6. The molecule has 1 aromatic carbocycles. The van der Waals surface area contributed by atoms with Crippen LogP contribution in [0.5, 0.6) is 0 Å². The number of hydrogen-bond acceptors (Lipinski definition) is 4. The largest absolute Gasteiger partial charge is 0.416 e. The Hall–Kier alpha value is -1.81. The molecule has 1 aromatic rings. The van der Waals surface area contributed by atoms with Crippen molar-refractivity contribution < 1.29 is 31.1 Å². The number of benzene rings is 1. The van der Waals surface area contributed by atoms with Gasteiger partial charge in [-0.3, -0.25) is 9.10 Å². The molecule has 24 heavy (non-hydrogen) atoms. The number of ether oxygens (including phenoxy) is 1. The number of nitrogens with one attached hydrogen (secondary N) is 1. The van der Waals surface area contributed by atoms with Crippen LogP contribution in [0.4, 0.5) is 18.9 Å². The molecule has 0 aromatic heterocycles. The minimum Gasteiger partial charge on any atom is -0.383 e. The van der Waals surface area contributed by atoms with E-state index >= 15 is 0 Å². The van der Waals surface area contributed by atoms with Crippen LogP contribution in [0.3, 0.4) is 0 Å². The fourth-order valence-electron chi connectivity index (χ4n) is 1.89. The number of nitrogens with zero attached hydrogens (tertiary/aromatic N) is 1. The summed E-state index contributed by atoms with van der Waals surface area (Å²) in [4.78, 5) is 11.6. The lowest BCUT2D eigenvalue weighted by molar-refractivity contribution is -0.137. The SMILES string of the molecule is COCCNC(=O)CCN(c1ccc(C(F)(F)F)cc1)S(C)(=O)=O. The van der Waals surface area contributed by atoms with Crippen molar-refractivity contribution in [2.75, 3.05) is 37.4 Å². The van der Waals surface area contributed by atoms with Crippen LogP contribution in [-0.2, 0) is 25.7 Å². The van der Waals surface area contributed by atoms with Crippen molar-refractivity contribution in [3.8, 4) is 0 Å². The van der Waals surface area contributed by atoms with Crippen LogP contribution < -0.4 is 9.62 Å². The molecule has 1 rings (SSSR count). The predicted octanol–water partition coefficient (Wildman–Crippen LogP) is 1.62. The number of carbonyl (C=O) groups is 1. The van der Waals surface area contributed by atoms with Crippen molar-refractivity contribution in [1.82, 2.24) is 5.32 Å². The third-order valence-electron chi connectivity index (χ3n) is 3.05. The maximum atomic E-state index is 12.6. The molecule has 0 unspecified atom stereocenters. The molecular formula is C14H19F3N2O4S. The third-order valence-corrected chi connectivity index (χ3v) is 4.25. The molecule has 0 aliphatic carbocycles. The van der Waals surface area contributed by atoms with Gasteiger partial charge in [0.05, 0.1) is 24.1 Å². The van der Waals surface area contributed by atoms with E-state index in [9.17, 15) is 26.4 Å². The zero-order valence-electron chi connectivity index (χ0n) is 13.3. The van der Waals surface area contributed by atoms with E-state index in [1.54, 1.807) is 0 Å².